The maximum atomic E-state index is 13.6. The zero-order valence-electron chi connectivity index (χ0n) is 19.6. The van der Waals surface area contributed by atoms with Gasteiger partial charge in [0.05, 0.1) is 25.2 Å². The lowest BCUT2D eigenvalue weighted by Crippen LogP contribution is -2.42. The summed E-state index contributed by atoms with van der Waals surface area (Å²) < 4.78 is 30.2. The van der Waals surface area contributed by atoms with Gasteiger partial charge < -0.3 is 19.1 Å². The molecule has 0 saturated carbocycles. The summed E-state index contributed by atoms with van der Waals surface area (Å²) in [4.78, 5) is 26.2. The van der Waals surface area contributed by atoms with Crippen molar-refractivity contribution in [2.24, 2.45) is 0 Å². The Bertz CT molecular complexity index is 1260. The number of rotatable bonds is 7. The number of benzene rings is 3. The molecule has 3 aromatic rings. The summed E-state index contributed by atoms with van der Waals surface area (Å²) in [6, 6.07) is 13.3. The number of carbonyl (C=O) groups excluding carboxylic acids is 1. The van der Waals surface area contributed by atoms with Gasteiger partial charge in [0.25, 0.3) is 11.6 Å². The van der Waals surface area contributed by atoms with Gasteiger partial charge in [0, 0.05) is 23.7 Å². The Kier molecular flexibility index (Phi) is 6.86. The Morgan fingerprint density at radius 2 is 1.77 bits per heavy atom. The molecule has 1 amide bonds. The second kappa shape index (κ2) is 10.0. The number of aryl methyl sites for hydroxylation is 1. The molecule has 0 fully saturated rings. The number of ether oxygens (including phenoxy) is 3. The molecule has 0 bridgehead atoms. The minimum Gasteiger partial charge on any atom is -0.493 e. The Morgan fingerprint density at radius 3 is 2.43 bits per heavy atom. The summed E-state index contributed by atoms with van der Waals surface area (Å²) in [6.07, 6.45) is 0.558. The van der Waals surface area contributed by atoms with E-state index >= 15 is 0 Å². The Morgan fingerprint density at radius 1 is 1.09 bits per heavy atom. The van der Waals surface area contributed by atoms with Crippen LogP contribution in [0.25, 0.3) is 0 Å². The quantitative estimate of drug-likeness (QED) is 0.354. The fourth-order valence-electron chi connectivity index (χ4n) is 4.26. The molecular weight excluding hydrogens is 455 g/mol. The highest BCUT2D eigenvalue weighted by atomic mass is 19.1. The van der Waals surface area contributed by atoms with Crippen molar-refractivity contribution >= 4 is 11.6 Å². The number of halogens is 1. The van der Waals surface area contributed by atoms with E-state index in [9.17, 15) is 19.3 Å². The molecule has 0 spiro atoms. The van der Waals surface area contributed by atoms with Gasteiger partial charge in [-0.25, -0.2) is 4.39 Å². The second-order valence-electron chi connectivity index (χ2n) is 8.19. The number of nitro benzene ring substituents is 1. The molecular formula is C26H25FN2O6. The van der Waals surface area contributed by atoms with Crippen LogP contribution in [0, 0.1) is 22.9 Å². The summed E-state index contributed by atoms with van der Waals surface area (Å²) in [5.41, 5.74) is 2.39. The van der Waals surface area contributed by atoms with Gasteiger partial charge in [0.15, 0.2) is 11.5 Å². The molecule has 0 N–H and O–H groups in total. The highest BCUT2D eigenvalue weighted by Gasteiger charge is 2.34. The van der Waals surface area contributed by atoms with Gasteiger partial charge in [-0.05, 0) is 66.9 Å². The molecule has 0 saturated heterocycles. The van der Waals surface area contributed by atoms with Crippen molar-refractivity contribution in [1.82, 2.24) is 4.90 Å². The fourth-order valence-corrected chi connectivity index (χ4v) is 4.26. The predicted octanol–water partition coefficient (Wildman–Crippen LogP) is 4.88. The lowest BCUT2D eigenvalue weighted by Gasteiger charge is -2.37. The number of methoxy groups -OCH3 is 2. The largest absolute Gasteiger partial charge is 0.493 e. The molecule has 0 radical (unpaired) electrons. The molecule has 8 nitrogen and oxygen atoms in total. The summed E-state index contributed by atoms with van der Waals surface area (Å²) in [6.45, 7) is 2.09. The first-order valence-corrected chi connectivity index (χ1v) is 11.0. The van der Waals surface area contributed by atoms with Gasteiger partial charge >= 0.3 is 0 Å². The van der Waals surface area contributed by atoms with Crippen molar-refractivity contribution in [3.63, 3.8) is 0 Å². The number of nitrogens with zero attached hydrogens (tertiary/aromatic N) is 2. The van der Waals surface area contributed by atoms with Gasteiger partial charge in [0.1, 0.15) is 18.2 Å². The van der Waals surface area contributed by atoms with E-state index in [1.54, 1.807) is 31.1 Å². The Labute approximate surface area is 202 Å². The standard InChI is InChI=1S/C26H25FN2O6/c1-16-4-5-18(12-22(16)29(31)32)26(30)28-11-10-17-13-24(33-2)25(34-3)14-21(17)23(28)15-35-20-8-6-19(27)7-9-20/h4-9,12-14,23H,10-11,15H2,1-3H3. The van der Waals surface area contributed by atoms with Crippen LogP contribution in [0.15, 0.2) is 54.6 Å². The van der Waals surface area contributed by atoms with Gasteiger partial charge in [-0.3, -0.25) is 14.9 Å². The lowest BCUT2D eigenvalue weighted by molar-refractivity contribution is -0.385. The van der Waals surface area contributed by atoms with Gasteiger partial charge in [-0.1, -0.05) is 6.07 Å². The smallest absolute Gasteiger partial charge is 0.273 e. The third-order valence-corrected chi connectivity index (χ3v) is 6.14. The summed E-state index contributed by atoms with van der Waals surface area (Å²) >= 11 is 0. The van der Waals surface area contributed by atoms with E-state index in [0.717, 1.165) is 11.1 Å². The second-order valence-corrected chi connectivity index (χ2v) is 8.19. The van der Waals surface area contributed by atoms with E-state index in [0.29, 0.717) is 35.8 Å². The fraction of sp³-hybridized carbons (Fsp3) is 0.269. The number of nitro groups is 1. The van der Waals surface area contributed by atoms with Crippen molar-refractivity contribution in [1.29, 1.82) is 0 Å². The topological polar surface area (TPSA) is 91.1 Å². The number of hydrogen-bond acceptors (Lipinski definition) is 6. The zero-order chi connectivity index (χ0) is 25.1. The maximum Gasteiger partial charge on any atom is 0.273 e. The summed E-state index contributed by atoms with van der Waals surface area (Å²) in [5, 5.41) is 11.4. The van der Waals surface area contributed by atoms with Crippen molar-refractivity contribution in [2.45, 2.75) is 19.4 Å². The molecule has 3 aromatic carbocycles. The monoisotopic (exact) mass is 480 g/mol. The van der Waals surface area contributed by atoms with Crippen molar-refractivity contribution in [3.05, 3.63) is 92.8 Å². The number of hydrogen-bond donors (Lipinski definition) is 0. The predicted molar refractivity (Wildman–Crippen MR) is 127 cm³/mol. The van der Waals surface area contributed by atoms with Gasteiger partial charge in [-0.2, -0.15) is 0 Å². The van der Waals surface area contributed by atoms with Crippen LogP contribution in [0.1, 0.15) is 33.1 Å². The number of fused-ring (bicyclic) bond motifs is 1. The van der Waals surface area contributed by atoms with Gasteiger partial charge in [0.2, 0.25) is 0 Å². The molecule has 1 aliphatic heterocycles. The van der Waals surface area contributed by atoms with E-state index in [-0.39, 0.29) is 29.6 Å². The zero-order valence-corrected chi connectivity index (χ0v) is 19.6. The van der Waals surface area contributed by atoms with E-state index in [4.69, 9.17) is 14.2 Å². The molecule has 1 atom stereocenters. The minimum absolute atomic E-state index is 0.0911. The molecule has 0 aromatic heterocycles. The third kappa shape index (κ3) is 4.89. The first kappa shape index (κ1) is 24.0. The molecule has 9 heteroatoms. The first-order valence-electron chi connectivity index (χ1n) is 11.0. The van der Waals surface area contributed by atoms with Crippen LogP contribution in [0.5, 0.6) is 17.2 Å². The van der Waals surface area contributed by atoms with Crippen LogP contribution < -0.4 is 14.2 Å². The first-order chi connectivity index (χ1) is 16.8. The molecule has 1 unspecified atom stereocenters. The van der Waals surface area contributed by atoms with Crippen molar-refractivity contribution in [3.8, 4) is 17.2 Å². The molecule has 182 valence electrons. The van der Waals surface area contributed by atoms with E-state index < -0.39 is 11.0 Å². The average Bonchev–Trinajstić information content (AvgIpc) is 2.86. The molecule has 4 rings (SSSR count). The van der Waals surface area contributed by atoms with Crippen LogP contribution in [0.3, 0.4) is 0 Å². The van der Waals surface area contributed by atoms with Crippen LogP contribution in [-0.4, -0.2) is 43.1 Å². The molecule has 35 heavy (non-hydrogen) atoms. The molecule has 1 aliphatic rings. The lowest BCUT2D eigenvalue weighted by atomic mass is 9.91. The van der Waals surface area contributed by atoms with Crippen LogP contribution in [0.2, 0.25) is 0 Å². The van der Waals surface area contributed by atoms with E-state index in [2.05, 4.69) is 0 Å². The normalized spacial score (nSPS) is 14.7. The Balaban J connectivity index is 1.72. The summed E-state index contributed by atoms with van der Waals surface area (Å²) in [7, 11) is 3.09. The minimum atomic E-state index is -0.517. The SMILES string of the molecule is COc1cc2c(cc1OC)C(COc1ccc(F)cc1)N(C(=O)c1ccc(C)c([N+](=O)[O-])c1)CC2. The van der Waals surface area contributed by atoms with E-state index in [1.165, 1.54) is 37.4 Å². The highest BCUT2D eigenvalue weighted by molar-refractivity contribution is 5.95. The van der Waals surface area contributed by atoms with Crippen LogP contribution >= 0.6 is 0 Å². The molecule has 0 aliphatic carbocycles. The third-order valence-electron chi connectivity index (χ3n) is 6.14. The highest BCUT2D eigenvalue weighted by Crippen LogP contribution is 2.39. The van der Waals surface area contributed by atoms with Crippen molar-refractivity contribution in [2.75, 3.05) is 27.4 Å². The number of carbonyl (C=O) groups is 1. The molecule has 1 heterocycles. The van der Waals surface area contributed by atoms with Crippen LogP contribution in [0.4, 0.5) is 10.1 Å². The Hall–Kier alpha value is -4.14. The summed E-state index contributed by atoms with van der Waals surface area (Å²) in [5.74, 6) is 0.824. The average molecular weight is 480 g/mol. The number of amides is 1. The van der Waals surface area contributed by atoms with Gasteiger partial charge in [-0.15, -0.1) is 0 Å². The van der Waals surface area contributed by atoms with Crippen LogP contribution in [-0.2, 0) is 6.42 Å². The van der Waals surface area contributed by atoms with E-state index in [1.807, 2.05) is 12.1 Å². The maximum absolute atomic E-state index is 13.6. The van der Waals surface area contributed by atoms with Crippen molar-refractivity contribution < 1.29 is 28.3 Å².